The van der Waals surface area contributed by atoms with Crippen LogP contribution in [0.4, 0.5) is 10.1 Å². The normalized spacial score (nSPS) is 11.8. The van der Waals surface area contributed by atoms with Crippen LogP contribution in [0.15, 0.2) is 48.5 Å². The predicted octanol–water partition coefficient (Wildman–Crippen LogP) is 4.87. The Hall–Kier alpha value is -2.90. The minimum atomic E-state index is -1.15. The number of nitrogens with one attached hydrogen (secondary N) is 1. The lowest BCUT2D eigenvalue weighted by Crippen LogP contribution is -2.30. The first-order valence-electron chi connectivity index (χ1n) is 9.00. The fraction of sp³-hybridized carbons (Fsp3) is 0.190. The number of aryl methyl sites for hydroxylation is 1. The molecule has 1 atom stereocenters. The molecule has 0 aliphatic heterocycles. The minimum Gasteiger partial charge on any atom is -0.449 e. The second kappa shape index (κ2) is 9.28. The molecule has 1 heterocycles. The third kappa shape index (κ3) is 4.98. The van der Waals surface area contributed by atoms with E-state index in [-0.39, 0.29) is 21.4 Å². The van der Waals surface area contributed by atoms with Gasteiger partial charge >= 0.3 is 5.97 Å². The van der Waals surface area contributed by atoms with E-state index in [9.17, 15) is 14.0 Å². The Morgan fingerprint density at radius 2 is 1.90 bits per heavy atom. The Morgan fingerprint density at radius 1 is 1.20 bits per heavy atom. The molecule has 0 fully saturated rings. The van der Waals surface area contributed by atoms with Crippen molar-refractivity contribution in [2.24, 2.45) is 0 Å². The van der Waals surface area contributed by atoms with E-state index in [0.717, 1.165) is 17.7 Å². The summed E-state index contributed by atoms with van der Waals surface area (Å²) >= 11 is 12.2. The van der Waals surface area contributed by atoms with Crippen LogP contribution in [-0.4, -0.2) is 27.8 Å². The van der Waals surface area contributed by atoms with Gasteiger partial charge in [-0.3, -0.25) is 4.79 Å². The van der Waals surface area contributed by atoms with E-state index in [2.05, 4.69) is 10.4 Å². The molecule has 0 saturated carbocycles. The van der Waals surface area contributed by atoms with E-state index in [4.69, 9.17) is 27.9 Å². The number of rotatable bonds is 6. The predicted molar refractivity (Wildman–Crippen MR) is 112 cm³/mol. The standard InChI is InChI=1S/C21H18Cl2FN3O3/c1-12-18(19(23)27(26-12)11-14-6-4-3-5-7-14)21(29)30-13(2)20(28)25-17-9-8-15(24)10-16(17)22/h3-10,13H,11H2,1-2H3,(H,25,28)/t13-/m1/s1. The van der Waals surface area contributed by atoms with Crippen LogP contribution in [0.3, 0.4) is 0 Å². The van der Waals surface area contributed by atoms with Crippen molar-refractivity contribution in [2.45, 2.75) is 26.5 Å². The maximum absolute atomic E-state index is 13.1. The van der Waals surface area contributed by atoms with Gasteiger partial charge in [0.1, 0.15) is 16.5 Å². The molecule has 0 radical (unpaired) electrons. The van der Waals surface area contributed by atoms with Crippen molar-refractivity contribution in [1.29, 1.82) is 0 Å². The zero-order valence-corrected chi connectivity index (χ0v) is 17.7. The maximum atomic E-state index is 13.1. The van der Waals surface area contributed by atoms with Crippen molar-refractivity contribution in [2.75, 3.05) is 5.32 Å². The molecule has 0 saturated heterocycles. The third-order valence-electron chi connectivity index (χ3n) is 4.29. The van der Waals surface area contributed by atoms with Gasteiger partial charge < -0.3 is 10.1 Å². The molecule has 1 aromatic heterocycles. The summed E-state index contributed by atoms with van der Waals surface area (Å²) in [5.74, 6) is -1.93. The molecule has 0 unspecified atom stereocenters. The van der Waals surface area contributed by atoms with E-state index in [1.807, 2.05) is 30.3 Å². The van der Waals surface area contributed by atoms with Crippen molar-refractivity contribution < 1.29 is 18.7 Å². The Bertz CT molecular complexity index is 1090. The van der Waals surface area contributed by atoms with Gasteiger partial charge in [-0.15, -0.1) is 0 Å². The highest BCUT2D eigenvalue weighted by atomic mass is 35.5. The Balaban J connectivity index is 1.69. The van der Waals surface area contributed by atoms with Crippen LogP contribution in [0.1, 0.15) is 28.5 Å². The van der Waals surface area contributed by atoms with Crippen molar-refractivity contribution in [1.82, 2.24) is 9.78 Å². The van der Waals surface area contributed by atoms with Crippen LogP contribution in [0, 0.1) is 12.7 Å². The summed E-state index contributed by atoms with van der Waals surface area (Å²) in [5.41, 5.74) is 1.64. The van der Waals surface area contributed by atoms with E-state index in [1.165, 1.54) is 17.7 Å². The molecule has 3 rings (SSSR count). The van der Waals surface area contributed by atoms with Crippen LogP contribution in [0.25, 0.3) is 0 Å². The highest BCUT2D eigenvalue weighted by molar-refractivity contribution is 6.34. The lowest BCUT2D eigenvalue weighted by Gasteiger charge is -2.14. The largest absolute Gasteiger partial charge is 0.449 e. The first-order chi connectivity index (χ1) is 14.3. The zero-order valence-electron chi connectivity index (χ0n) is 16.2. The molecule has 156 valence electrons. The lowest BCUT2D eigenvalue weighted by molar-refractivity contribution is -0.123. The molecular formula is C21H18Cl2FN3O3. The molecule has 0 bridgehead atoms. The number of benzene rings is 2. The molecule has 6 nitrogen and oxygen atoms in total. The molecule has 1 amide bonds. The van der Waals surface area contributed by atoms with Crippen LogP contribution in [0.2, 0.25) is 10.2 Å². The number of anilines is 1. The van der Waals surface area contributed by atoms with Gasteiger partial charge in [-0.1, -0.05) is 53.5 Å². The number of carbonyl (C=O) groups is 2. The number of carbonyl (C=O) groups excluding carboxylic acids is 2. The van der Waals surface area contributed by atoms with Crippen molar-refractivity contribution >= 4 is 40.8 Å². The second-order valence-corrected chi connectivity index (χ2v) is 7.32. The maximum Gasteiger partial charge on any atom is 0.343 e. The van der Waals surface area contributed by atoms with Gasteiger partial charge in [0.05, 0.1) is 22.9 Å². The Labute approximate surface area is 182 Å². The van der Waals surface area contributed by atoms with Crippen molar-refractivity contribution in [3.63, 3.8) is 0 Å². The fourth-order valence-corrected chi connectivity index (χ4v) is 3.27. The van der Waals surface area contributed by atoms with Gasteiger partial charge in [-0.2, -0.15) is 5.10 Å². The van der Waals surface area contributed by atoms with Gasteiger partial charge in [0.25, 0.3) is 5.91 Å². The number of hydrogen-bond acceptors (Lipinski definition) is 4. The van der Waals surface area contributed by atoms with E-state index in [1.54, 1.807) is 6.92 Å². The van der Waals surface area contributed by atoms with Gasteiger partial charge in [0.2, 0.25) is 0 Å². The van der Waals surface area contributed by atoms with Crippen molar-refractivity contribution in [3.05, 3.63) is 81.3 Å². The summed E-state index contributed by atoms with van der Waals surface area (Å²) in [4.78, 5) is 25.0. The number of amides is 1. The van der Waals surface area contributed by atoms with Gasteiger partial charge in [-0.25, -0.2) is 13.9 Å². The number of halogens is 3. The third-order valence-corrected chi connectivity index (χ3v) is 4.98. The molecule has 2 aromatic carbocycles. The number of esters is 1. The summed E-state index contributed by atoms with van der Waals surface area (Å²) in [5, 5.41) is 6.94. The molecule has 0 spiro atoms. The highest BCUT2D eigenvalue weighted by Gasteiger charge is 2.26. The lowest BCUT2D eigenvalue weighted by atomic mass is 10.2. The summed E-state index contributed by atoms with van der Waals surface area (Å²) in [6.45, 7) is 3.42. The highest BCUT2D eigenvalue weighted by Crippen LogP contribution is 2.24. The monoisotopic (exact) mass is 449 g/mol. The van der Waals surface area contributed by atoms with Gasteiger partial charge in [0.15, 0.2) is 6.10 Å². The Kier molecular flexibility index (Phi) is 6.74. The van der Waals surface area contributed by atoms with E-state index < -0.39 is 23.8 Å². The van der Waals surface area contributed by atoms with Gasteiger partial charge in [0, 0.05) is 0 Å². The topological polar surface area (TPSA) is 73.2 Å². The molecular weight excluding hydrogens is 432 g/mol. The Morgan fingerprint density at radius 3 is 2.57 bits per heavy atom. The zero-order chi connectivity index (χ0) is 21.8. The van der Waals surface area contributed by atoms with Crippen LogP contribution >= 0.6 is 23.2 Å². The summed E-state index contributed by atoms with van der Waals surface area (Å²) < 4.78 is 19.9. The first-order valence-corrected chi connectivity index (χ1v) is 9.75. The van der Waals surface area contributed by atoms with E-state index >= 15 is 0 Å². The van der Waals surface area contributed by atoms with E-state index in [0.29, 0.717) is 12.2 Å². The van der Waals surface area contributed by atoms with Crippen LogP contribution < -0.4 is 5.32 Å². The molecule has 0 aliphatic carbocycles. The quantitative estimate of drug-likeness (QED) is 0.544. The second-order valence-electron chi connectivity index (χ2n) is 6.56. The van der Waals surface area contributed by atoms with Crippen LogP contribution in [-0.2, 0) is 16.1 Å². The molecule has 0 aliphatic rings. The number of aromatic nitrogens is 2. The SMILES string of the molecule is Cc1nn(Cc2ccccc2)c(Cl)c1C(=O)O[C@H](C)C(=O)Nc1ccc(F)cc1Cl. The molecule has 1 N–H and O–H groups in total. The molecule has 30 heavy (non-hydrogen) atoms. The van der Waals surface area contributed by atoms with Crippen LogP contribution in [0.5, 0.6) is 0 Å². The fourth-order valence-electron chi connectivity index (χ4n) is 2.74. The average molecular weight is 450 g/mol. The number of nitrogens with zero attached hydrogens (tertiary/aromatic N) is 2. The smallest absolute Gasteiger partial charge is 0.343 e. The van der Waals surface area contributed by atoms with Crippen molar-refractivity contribution in [3.8, 4) is 0 Å². The summed E-state index contributed by atoms with van der Waals surface area (Å²) in [6, 6.07) is 13.1. The minimum absolute atomic E-state index is 0.0305. The summed E-state index contributed by atoms with van der Waals surface area (Å²) in [6.07, 6.45) is -1.15. The molecule has 9 heteroatoms. The first kappa shape index (κ1) is 21.8. The molecule has 3 aromatic rings. The summed E-state index contributed by atoms with van der Waals surface area (Å²) in [7, 11) is 0. The number of ether oxygens (including phenoxy) is 1. The average Bonchev–Trinajstić information content (AvgIpc) is 2.97. The van der Waals surface area contributed by atoms with Gasteiger partial charge in [-0.05, 0) is 37.6 Å². The number of hydrogen-bond donors (Lipinski definition) is 1.